The van der Waals surface area contributed by atoms with Crippen molar-refractivity contribution in [2.45, 2.75) is 6.92 Å². The summed E-state index contributed by atoms with van der Waals surface area (Å²) >= 11 is 0. The van der Waals surface area contributed by atoms with Crippen LogP contribution in [0.25, 0.3) is 11.1 Å². The van der Waals surface area contributed by atoms with Crippen LogP contribution in [0.2, 0.25) is 0 Å². The van der Waals surface area contributed by atoms with Gasteiger partial charge >= 0.3 is 0 Å². The minimum absolute atomic E-state index is 0.297. The van der Waals surface area contributed by atoms with Crippen molar-refractivity contribution in [3.63, 3.8) is 0 Å². The van der Waals surface area contributed by atoms with Crippen molar-refractivity contribution >= 4 is 11.8 Å². The van der Waals surface area contributed by atoms with Crippen molar-refractivity contribution in [2.24, 2.45) is 11.5 Å². The largest absolute Gasteiger partial charge is 0.366 e. The highest BCUT2D eigenvalue weighted by Crippen LogP contribution is 2.30. The first-order valence-electron chi connectivity index (χ1n) is 5.81. The van der Waals surface area contributed by atoms with Gasteiger partial charge in [-0.1, -0.05) is 30.3 Å². The molecule has 0 atom stereocenters. The summed E-state index contributed by atoms with van der Waals surface area (Å²) in [4.78, 5) is 23.1. The van der Waals surface area contributed by atoms with Gasteiger partial charge in [0.25, 0.3) is 0 Å². The van der Waals surface area contributed by atoms with Gasteiger partial charge in [-0.2, -0.15) is 0 Å². The predicted octanol–water partition coefficient (Wildman–Crippen LogP) is 1.86. The van der Waals surface area contributed by atoms with Gasteiger partial charge in [0, 0.05) is 16.7 Å². The highest BCUT2D eigenvalue weighted by Gasteiger charge is 2.18. The molecule has 0 aliphatic carbocycles. The molecule has 96 valence electrons. The zero-order valence-corrected chi connectivity index (χ0v) is 10.5. The highest BCUT2D eigenvalue weighted by molar-refractivity contribution is 6.08. The molecule has 2 amide bonds. The number of hydrogen-bond acceptors (Lipinski definition) is 2. The Kier molecular flexibility index (Phi) is 3.33. The van der Waals surface area contributed by atoms with Crippen LogP contribution in [0.4, 0.5) is 0 Å². The fourth-order valence-electron chi connectivity index (χ4n) is 2.11. The number of nitrogens with two attached hydrogens (primary N) is 2. The number of carbonyl (C=O) groups is 2. The summed E-state index contributed by atoms with van der Waals surface area (Å²) in [6.07, 6.45) is 0. The van der Waals surface area contributed by atoms with Crippen molar-refractivity contribution in [1.29, 1.82) is 0 Å². The normalized spacial score (nSPS) is 10.2. The topological polar surface area (TPSA) is 86.2 Å². The molecule has 2 aromatic carbocycles. The summed E-state index contributed by atoms with van der Waals surface area (Å²) in [7, 11) is 0. The maximum absolute atomic E-state index is 11.6. The molecule has 0 bridgehead atoms. The smallest absolute Gasteiger partial charge is 0.249 e. The first-order valence-corrected chi connectivity index (χ1v) is 5.81. The summed E-state index contributed by atoms with van der Waals surface area (Å²) < 4.78 is 0. The SMILES string of the molecule is Cc1ccccc1-c1c(C(N)=O)cccc1C(N)=O. The third kappa shape index (κ3) is 2.33. The van der Waals surface area contributed by atoms with Crippen molar-refractivity contribution in [2.75, 3.05) is 0 Å². The van der Waals surface area contributed by atoms with Crippen molar-refractivity contribution in [3.05, 3.63) is 59.2 Å². The Balaban J connectivity index is 2.83. The molecule has 4 heteroatoms. The van der Waals surface area contributed by atoms with Gasteiger partial charge in [0.2, 0.25) is 11.8 Å². The van der Waals surface area contributed by atoms with Gasteiger partial charge in [-0.3, -0.25) is 9.59 Å². The molecule has 0 aliphatic rings. The van der Waals surface area contributed by atoms with Crippen LogP contribution < -0.4 is 11.5 Å². The lowest BCUT2D eigenvalue weighted by Crippen LogP contribution is -2.18. The minimum atomic E-state index is -0.582. The van der Waals surface area contributed by atoms with Gasteiger partial charge in [0.1, 0.15) is 0 Å². The Bertz CT molecular complexity index is 631. The summed E-state index contributed by atoms with van der Waals surface area (Å²) in [5, 5.41) is 0. The Morgan fingerprint density at radius 1 is 0.842 bits per heavy atom. The minimum Gasteiger partial charge on any atom is -0.366 e. The van der Waals surface area contributed by atoms with Gasteiger partial charge in [0.05, 0.1) is 0 Å². The maximum Gasteiger partial charge on any atom is 0.249 e. The molecule has 0 saturated heterocycles. The molecule has 0 fully saturated rings. The van der Waals surface area contributed by atoms with Gasteiger partial charge in [-0.15, -0.1) is 0 Å². The van der Waals surface area contributed by atoms with Gasteiger partial charge < -0.3 is 11.5 Å². The summed E-state index contributed by atoms with van der Waals surface area (Å²) in [6.45, 7) is 1.90. The maximum atomic E-state index is 11.6. The summed E-state index contributed by atoms with van der Waals surface area (Å²) in [5.74, 6) is -1.16. The Morgan fingerprint density at radius 3 is 1.84 bits per heavy atom. The molecule has 4 N–H and O–H groups in total. The predicted molar refractivity (Wildman–Crippen MR) is 73.7 cm³/mol. The lowest BCUT2D eigenvalue weighted by molar-refractivity contribution is 0.0999. The number of carbonyl (C=O) groups excluding carboxylic acids is 2. The Hall–Kier alpha value is -2.62. The molecule has 0 heterocycles. The number of primary amides is 2. The lowest BCUT2D eigenvalue weighted by atomic mass is 9.91. The van der Waals surface area contributed by atoms with E-state index in [1.54, 1.807) is 18.2 Å². The van der Waals surface area contributed by atoms with Gasteiger partial charge in [0.15, 0.2) is 0 Å². The second-order valence-electron chi connectivity index (χ2n) is 4.27. The van der Waals surface area contributed by atoms with E-state index in [0.29, 0.717) is 16.7 Å². The molecule has 0 unspecified atom stereocenters. The first-order chi connectivity index (χ1) is 9.02. The van der Waals surface area contributed by atoms with Gasteiger partial charge in [-0.25, -0.2) is 0 Å². The second kappa shape index (κ2) is 4.94. The van der Waals surface area contributed by atoms with Crippen LogP contribution >= 0.6 is 0 Å². The Labute approximate surface area is 111 Å². The molecular weight excluding hydrogens is 240 g/mol. The number of benzene rings is 2. The van der Waals surface area contributed by atoms with E-state index >= 15 is 0 Å². The molecule has 0 spiro atoms. The van der Waals surface area contributed by atoms with E-state index in [2.05, 4.69) is 0 Å². The molecule has 19 heavy (non-hydrogen) atoms. The third-order valence-corrected chi connectivity index (χ3v) is 3.01. The van der Waals surface area contributed by atoms with E-state index in [-0.39, 0.29) is 0 Å². The fraction of sp³-hybridized carbons (Fsp3) is 0.0667. The van der Waals surface area contributed by atoms with E-state index in [0.717, 1.165) is 11.1 Å². The molecule has 0 aromatic heterocycles. The number of rotatable bonds is 3. The number of aryl methyl sites for hydroxylation is 1. The zero-order valence-electron chi connectivity index (χ0n) is 10.5. The summed E-state index contributed by atoms with van der Waals surface area (Å²) in [5.41, 5.74) is 13.6. The molecule has 0 saturated carbocycles. The molecule has 2 rings (SSSR count). The van der Waals surface area contributed by atoms with Crippen molar-refractivity contribution in [1.82, 2.24) is 0 Å². The quantitative estimate of drug-likeness (QED) is 0.875. The van der Waals surface area contributed by atoms with E-state index < -0.39 is 11.8 Å². The second-order valence-corrected chi connectivity index (χ2v) is 4.27. The van der Waals surface area contributed by atoms with E-state index in [1.807, 2.05) is 31.2 Å². The fourth-order valence-corrected chi connectivity index (χ4v) is 2.11. The van der Waals surface area contributed by atoms with Crippen LogP contribution in [-0.2, 0) is 0 Å². The van der Waals surface area contributed by atoms with Crippen LogP contribution in [0.15, 0.2) is 42.5 Å². The van der Waals surface area contributed by atoms with Crippen LogP contribution in [-0.4, -0.2) is 11.8 Å². The van der Waals surface area contributed by atoms with Gasteiger partial charge in [-0.05, 0) is 30.2 Å². The average Bonchev–Trinajstić information content (AvgIpc) is 2.38. The molecule has 0 aliphatic heterocycles. The third-order valence-electron chi connectivity index (χ3n) is 3.01. The molecule has 4 nitrogen and oxygen atoms in total. The highest BCUT2D eigenvalue weighted by atomic mass is 16.1. The monoisotopic (exact) mass is 254 g/mol. The molecule has 2 aromatic rings. The van der Waals surface area contributed by atoms with E-state index in [4.69, 9.17) is 11.5 Å². The lowest BCUT2D eigenvalue weighted by Gasteiger charge is -2.13. The van der Waals surface area contributed by atoms with E-state index in [1.165, 1.54) is 0 Å². The van der Waals surface area contributed by atoms with Crippen LogP contribution in [0.3, 0.4) is 0 Å². The summed E-state index contributed by atoms with van der Waals surface area (Å²) in [6, 6.07) is 12.2. The standard InChI is InChI=1S/C15H14N2O2/c1-9-5-2-3-6-10(9)13-11(14(16)18)7-4-8-12(13)15(17)19/h2-8H,1H3,(H2,16,18)(H2,17,19). The van der Waals surface area contributed by atoms with Crippen LogP contribution in [0, 0.1) is 6.92 Å². The zero-order chi connectivity index (χ0) is 14.0. The number of hydrogen-bond donors (Lipinski definition) is 2. The molecular formula is C15H14N2O2. The van der Waals surface area contributed by atoms with E-state index in [9.17, 15) is 9.59 Å². The van der Waals surface area contributed by atoms with Crippen molar-refractivity contribution < 1.29 is 9.59 Å². The number of amides is 2. The molecule has 0 radical (unpaired) electrons. The van der Waals surface area contributed by atoms with Crippen LogP contribution in [0.1, 0.15) is 26.3 Å². The first kappa shape index (κ1) is 12.8. The Morgan fingerprint density at radius 2 is 1.37 bits per heavy atom. The van der Waals surface area contributed by atoms with Crippen molar-refractivity contribution in [3.8, 4) is 11.1 Å². The van der Waals surface area contributed by atoms with Crippen LogP contribution in [0.5, 0.6) is 0 Å². The average molecular weight is 254 g/mol.